The number of carbonyl (C=O) groups excluding carboxylic acids is 2. The number of esters is 1. The van der Waals surface area contributed by atoms with Gasteiger partial charge in [-0.2, -0.15) is 0 Å². The predicted octanol–water partition coefficient (Wildman–Crippen LogP) is 2.16. The Kier molecular flexibility index (Phi) is 3.11. The van der Waals surface area contributed by atoms with Gasteiger partial charge in [0.05, 0.1) is 11.0 Å². The van der Waals surface area contributed by atoms with Crippen molar-refractivity contribution in [2.45, 2.75) is 51.2 Å². The van der Waals surface area contributed by atoms with E-state index in [9.17, 15) is 9.59 Å². The van der Waals surface area contributed by atoms with Crippen molar-refractivity contribution >= 4 is 12.1 Å². The Morgan fingerprint density at radius 3 is 2.58 bits per heavy atom. The molecular formula is C14H21NO4. The Morgan fingerprint density at radius 1 is 1.53 bits per heavy atom. The number of cyclic esters (lactones) is 1. The second kappa shape index (κ2) is 4.25. The highest BCUT2D eigenvalue weighted by Gasteiger charge is 2.62. The van der Waals surface area contributed by atoms with E-state index < -0.39 is 22.6 Å². The van der Waals surface area contributed by atoms with Crippen molar-refractivity contribution in [3.8, 4) is 0 Å². The molecule has 1 saturated carbocycles. The van der Waals surface area contributed by atoms with E-state index in [0.29, 0.717) is 25.9 Å². The molecule has 0 atom stereocenters. The molecule has 0 radical (unpaired) electrons. The maximum Gasteiger partial charge on any atom is 0.407 e. The quantitative estimate of drug-likeness (QED) is 0.628. The lowest BCUT2D eigenvalue weighted by Gasteiger charge is -2.51. The van der Waals surface area contributed by atoms with Gasteiger partial charge in [-0.25, -0.2) is 4.79 Å². The number of amides is 1. The van der Waals surface area contributed by atoms with Gasteiger partial charge in [-0.3, -0.25) is 4.79 Å². The summed E-state index contributed by atoms with van der Waals surface area (Å²) in [6.45, 7) is 9.58. The smallest absolute Gasteiger partial charge is 0.407 e. The van der Waals surface area contributed by atoms with Crippen LogP contribution in [0.4, 0.5) is 4.79 Å². The summed E-state index contributed by atoms with van der Waals surface area (Å²) in [6.07, 6.45) is 2.98. The minimum Gasteiger partial charge on any atom is -0.460 e. The molecule has 2 rings (SSSR count). The SMILES string of the molecule is C=CCC1(C(=O)OC(C)(C)C)CC2(COC(=O)N2)C1. The lowest BCUT2D eigenvalue weighted by molar-refractivity contribution is -0.179. The van der Waals surface area contributed by atoms with Crippen molar-refractivity contribution in [2.75, 3.05) is 6.61 Å². The molecule has 1 saturated heterocycles. The van der Waals surface area contributed by atoms with Gasteiger partial charge in [0.25, 0.3) is 0 Å². The highest BCUT2D eigenvalue weighted by Crippen LogP contribution is 2.53. The van der Waals surface area contributed by atoms with E-state index in [1.54, 1.807) is 6.08 Å². The number of ether oxygens (including phenoxy) is 2. The van der Waals surface area contributed by atoms with Gasteiger partial charge in [0.1, 0.15) is 12.2 Å². The third-order valence-electron chi connectivity index (χ3n) is 3.57. The van der Waals surface area contributed by atoms with Gasteiger partial charge in [-0.15, -0.1) is 6.58 Å². The van der Waals surface area contributed by atoms with Gasteiger partial charge in [0.15, 0.2) is 0 Å². The fraction of sp³-hybridized carbons (Fsp3) is 0.714. The van der Waals surface area contributed by atoms with Gasteiger partial charge in [-0.1, -0.05) is 6.08 Å². The minimum absolute atomic E-state index is 0.216. The van der Waals surface area contributed by atoms with E-state index >= 15 is 0 Å². The largest absolute Gasteiger partial charge is 0.460 e. The third-order valence-corrected chi connectivity index (χ3v) is 3.57. The topological polar surface area (TPSA) is 64.6 Å². The molecule has 1 spiro atoms. The first kappa shape index (κ1) is 13.9. The maximum atomic E-state index is 12.4. The fourth-order valence-corrected chi connectivity index (χ4v) is 2.96. The van der Waals surface area contributed by atoms with Gasteiger partial charge < -0.3 is 14.8 Å². The highest BCUT2D eigenvalue weighted by atomic mass is 16.6. The molecule has 1 aliphatic heterocycles. The normalized spacial score (nSPS) is 33.3. The summed E-state index contributed by atoms with van der Waals surface area (Å²) in [5.74, 6) is -0.216. The third kappa shape index (κ3) is 2.60. The molecule has 0 aromatic rings. The average molecular weight is 267 g/mol. The second-order valence-electron chi connectivity index (χ2n) is 6.61. The summed E-state index contributed by atoms with van der Waals surface area (Å²) in [7, 11) is 0. The summed E-state index contributed by atoms with van der Waals surface area (Å²) in [6, 6.07) is 0. The summed E-state index contributed by atoms with van der Waals surface area (Å²) in [5, 5.41) is 2.79. The lowest BCUT2D eigenvalue weighted by Crippen LogP contribution is -2.63. The number of alkyl carbamates (subject to hydrolysis) is 1. The molecule has 0 unspecified atom stereocenters. The molecule has 0 aromatic heterocycles. The van der Waals surface area contributed by atoms with Crippen molar-refractivity contribution < 1.29 is 19.1 Å². The number of allylic oxidation sites excluding steroid dienone is 1. The Balaban J connectivity index is 2.08. The Morgan fingerprint density at radius 2 is 2.16 bits per heavy atom. The van der Waals surface area contributed by atoms with E-state index in [-0.39, 0.29) is 5.97 Å². The maximum absolute atomic E-state index is 12.4. The summed E-state index contributed by atoms with van der Waals surface area (Å²) >= 11 is 0. The van der Waals surface area contributed by atoms with Crippen molar-refractivity contribution in [1.82, 2.24) is 5.32 Å². The fourth-order valence-electron chi connectivity index (χ4n) is 2.96. The molecule has 106 valence electrons. The molecule has 0 bridgehead atoms. The van der Waals surface area contributed by atoms with Crippen molar-refractivity contribution in [3.05, 3.63) is 12.7 Å². The predicted molar refractivity (Wildman–Crippen MR) is 69.5 cm³/mol. The summed E-state index contributed by atoms with van der Waals surface area (Å²) in [4.78, 5) is 23.5. The molecule has 5 heteroatoms. The van der Waals surface area contributed by atoms with E-state index in [1.807, 2.05) is 20.8 Å². The molecule has 19 heavy (non-hydrogen) atoms. The number of rotatable bonds is 3. The second-order valence-corrected chi connectivity index (χ2v) is 6.61. The Labute approximate surface area is 113 Å². The molecule has 1 heterocycles. The molecule has 5 nitrogen and oxygen atoms in total. The molecule has 2 fully saturated rings. The number of hydrogen-bond acceptors (Lipinski definition) is 4. The molecule has 0 aromatic carbocycles. The van der Waals surface area contributed by atoms with Crippen LogP contribution in [0.15, 0.2) is 12.7 Å². The van der Waals surface area contributed by atoms with E-state index in [2.05, 4.69) is 11.9 Å². The van der Waals surface area contributed by atoms with Crippen LogP contribution in [-0.2, 0) is 14.3 Å². The van der Waals surface area contributed by atoms with Gasteiger partial charge >= 0.3 is 12.1 Å². The summed E-state index contributed by atoms with van der Waals surface area (Å²) in [5.41, 5.74) is -1.48. The van der Waals surface area contributed by atoms with Crippen LogP contribution in [0.2, 0.25) is 0 Å². The van der Waals surface area contributed by atoms with Crippen LogP contribution in [0.25, 0.3) is 0 Å². The Hall–Kier alpha value is -1.52. The van der Waals surface area contributed by atoms with Gasteiger partial charge in [-0.05, 0) is 40.0 Å². The molecule has 2 aliphatic rings. The van der Waals surface area contributed by atoms with Crippen LogP contribution in [0, 0.1) is 5.41 Å². The highest BCUT2D eigenvalue weighted by molar-refractivity contribution is 5.81. The van der Waals surface area contributed by atoms with Crippen LogP contribution >= 0.6 is 0 Å². The van der Waals surface area contributed by atoms with Crippen molar-refractivity contribution in [3.63, 3.8) is 0 Å². The van der Waals surface area contributed by atoms with E-state index in [4.69, 9.17) is 9.47 Å². The zero-order valence-electron chi connectivity index (χ0n) is 11.7. The van der Waals surface area contributed by atoms with E-state index in [0.717, 1.165) is 0 Å². The van der Waals surface area contributed by atoms with E-state index in [1.165, 1.54) is 0 Å². The standard InChI is InChI=1S/C14H21NO4/c1-5-6-13(10(16)19-12(2,3)4)7-14(8-13)9-18-11(17)15-14/h5H,1,6-9H2,2-4H3,(H,15,17). The van der Waals surface area contributed by atoms with Gasteiger partial charge in [0, 0.05) is 0 Å². The monoisotopic (exact) mass is 267 g/mol. The van der Waals surface area contributed by atoms with Crippen LogP contribution in [-0.4, -0.2) is 29.8 Å². The number of hydrogen-bond donors (Lipinski definition) is 1. The molecule has 1 aliphatic carbocycles. The number of carbonyl (C=O) groups is 2. The van der Waals surface area contributed by atoms with Crippen molar-refractivity contribution in [1.29, 1.82) is 0 Å². The van der Waals surface area contributed by atoms with Crippen LogP contribution in [0.3, 0.4) is 0 Å². The average Bonchev–Trinajstić information content (AvgIpc) is 2.57. The van der Waals surface area contributed by atoms with Gasteiger partial charge in [0.2, 0.25) is 0 Å². The lowest BCUT2D eigenvalue weighted by atomic mass is 9.56. The minimum atomic E-state index is -0.573. The first-order chi connectivity index (χ1) is 8.70. The zero-order valence-corrected chi connectivity index (χ0v) is 11.7. The first-order valence-electron chi connectivity index (χ1n) is 6.50. The molecular weight excluding hydrogens is 246 g/mol. The first-order valence-corrected chi connectivity index (χ1v) is 6.50. The molecule has 1 amide bonds. The molecule has 1 N–H and O–H groups in total. The van der Waals surface area contributed by atoms with Crippen LogP contribution < -0.4 is 5.32 Å². The van der Waals surface area contributed by atoms with Crippen LogP contribution in [0.1, 0.15) is 40.0 Å². The van der Waals surface area contributed by atoms with Crippen LogP contribution in [0.5, 0.6) is 0 Å². The van der Waals surface area contributed by atoms with Crippen molar-refractivity contribution in [2.24, 2.45) is 5.41 Å². The Bertz CT molecular complexity index is 416. The zero-order chi connectivity index (χ0) is 14.3. The summed E-state index contributed by atoms with van der Waals surface area (Å²) < 4.78 is 10.4. The number of nitrogens with one attached hydrogen (secondary N) is 1.